The number of nitrogens with one attached hydrogen (secondary N) is 2. The van der Waals surface area contributed by atoms with Gasteiger partial charge in [-0.2, -0.15) is 0 Å². The lowest BCUT2D eigenvalue weighted by Crippen LogP contribution is -2.35. The molecule has 1 saturated heterocycles. The molecule has 1 heterocycles. The zero-order chi connectivity index (χ0) is 13.7. The Bertz CT molecular complexity index is 428. The number of hydrogen-bond donors (Lipinski definition) is 2. The van der Waals surface area contributed by atoms with Crippen molar-refractivity contribution in [2.75, 3.05) is 25.0 Å². The summed E-state index contributed by atoms with van der Waals surface area (Å²) in [5, 5.41) is 6.89. The van der Waals surface area contributed by atoms with Crippen LogP contribution in [0, 0.1) is 0 Å². The molecule has 1 fully saturated rings. The molecular formula is C13H16Cl2N2O2. The van der Waals surface area contributed by atoms with Gasteiger partial charge in [-0.25, -0.2) is 0 Å². The predicted octanol–water partition coefficient (Wildman–Crippen LogP) is 2.70. The van der Waals surface area contributed by atoms with E-state index in [0.29, 0.717) is 16.6 Å². The van der Waals surface area contributed by atoms with Crippen LogP contribution < -0.4 is 10.6 Å². The summed E-state index contributed by atoms with van der Waals surface area (Å²) in [7, 11) is 0. The Morgan fingerprint density at radius 2 is 2.05 bits per heavy atom. The fourth-order valence-electron chi connectivity index (χ4n) is 1.93. The summed E-state index contributed by atoms with van der Waals surface area (Å²) in [5.74, 6) is -0.0772. The number of hydrogen-bond acceptors (Lipinski definition) is 3. The molecule has 1 aliphatic heterocycles. The first-order chi connectivity index (χ1) is 9.13. The summed E-state index contributed by atoms with van der Waals surface area (Å²) >= 11 is 11.7. The minimum atomic E-state index is -0.0772. The van der Waals surface area contributed by atoms with Gasteiger partial charge >= 0.3 is 0 Å². The first kappa shape index (κ1) is 14.4. The number of carbonyl (C=O) groups is 1. The molecule has 0 spiro atoms. The first-order valence-electron chi connectivity index (χ1n) is 6.22. The lowest BCUT2D eigenvalue weighted by atomic mass is 10.2. The van der Waals surface area contributed by atoms with E-state index in [1.54, 1.807) is 18.2 Å². The number of amides is 1. The summed E-state index contributed by atoms with van der Waals surface area (Å²) in [4.78, 5) is 11.6. The van der Waals surface area contributed by atoms with Gasteiger partial charge in [-0.05, 0) is 31.0 Å². The van der Waals surface area contributed by atoms with E-state index in [0.717, 1.165) is 25.1 Å². The van der Waals surface area contributed by atoms with E-state index in [-0.39, 0.29) is 18.6 Å². The standard InChI is InChI=1S/C13H16Cl2N2O2/c14-9-4-10(15)6-11(5-9)16-8-13(18)17-7-12-2-1-3-19-12/h4-6,12,16H,1-3,7-8H2,(H,17,18). The minimum absolute atomic E-state index is 0.0772. The molecule has 4 nitrogen and oxygen atoms in total. The van der Waals surface area contributed by atoms with E-state index in [1.165, 1.54) is 0 Å². The van der Waals surface area contributed by atoms with Crippen molar-refractivity contribution in [3.8, 4) is 0 Å². The molecule has 1 amide bonds. The second kappa shape index (κ2) is 6.98. The van der Waals surface area contributed by atoms with Crippen LogP contribution in [0.3, 0.4) is 0 Å². The molecular weight excluding hydrogens is 287 g/mol. The third kappa shape index (κ3) is 4.90. The van der Waals surface area contributed by atoms with Crippen LogP contribution in [0.5, 0.6) is 0 Å². The van der Waals surface area contributed by atoms with Crippen molar-refractivity contribution in [1.29, 1.82) is 0 Å². The van der Waals surface area contributed by atoms with Gasteiger partial charge < -0.3 is 15.4 Å². The highest BCUT2D eigenvalue weighted by Crippen LogP contribution is 2.22. The summed E-state index contributed by atoms with van der Waals surface area (Å²) in [5.41, 5.74) is 0.727. The molecule has 0 aliphatic carbocycles. The smallest absolute Gasteiger partial charge is 0.239 e. The van der Waals surface area contributed by atoms with Crippen molar-refractivity contribution in [3.63, 3.8) is 0 Å². The Kier molecular flexibility index (Phi) is 5.31. The molecule has 2 rings (SSSR count). The number of halogens is 2. The van der Waals surface area contributed by atoms with E-state index < -0.39 is 0 Å². The lowest BCUT2D eigenvalue weighted by molar-refractivity contribution is -0.119. The fourth-order valence-corrected chi connectivity index (χ4v) is 2.46. The molecule has 1 atom stereocenters. The van der Waals surface area contributed by atoms with Gasteiger partial charge in [-0.3, -0.25) is 4.79 Å². The Balaban J connectivity index is 1.73. The van der Waals surface area contributed by atoms with Crippen molar-refractivity contribution >= 4 is 34.8 Å². The third-order valence-corrected chi connectivity index (χ3v) is 3.30. The van der Waals surface area contributed by atoms with Gasteiger partial charge in [0.15, 0.2) is 0 Å². The van der Waals surface area contributed by atoms with Gasteiger partial charge in [0.1, 0.15) is 0 Å². The van der Waals surface area contributed by atoms with Crippen LogP contribution in [0.15, 0.2) is 18.2 Å². The number of carbonyl (C=O) groups excluding carboxylic acids is 1. The molecule has 104 valence electrons. The summed E-state index contributed by atoms with van der Waals surface area (Å²) < 4.78 is 5.43. The van der Waals surface area contributed by atoms with Crippen molar-refractivity contribution in [3.05, 3.63) is 28.2 Å². The van der Waals surface area contributed by atoms with Gasteiger partial charge in [0.25, 0.3) is 0 Å². The fraction of sp³-hybridized carbons (Fsp3) is 0.462. The number of rotatable bonds is 5. The normalized spacial score (nSPS) is 18.3. The zero-order valence-corrected chi connectivity index (χ0v) is 11.9. The Hall–Kier alpha value is -0.970. The van der Waals surface area contributed by atoms with E-state index in [4.69, 9.17) is 27.9 Å². The average Bonchev–Trinajstić information content (AvgIpc) is 2.86. The second-order valence-electron chi connectivity index (χ2n) is 4.45. The number of ether oxygens (including phenoxy) is 1. The van der Waals surface area contributed by atoms with Gasteiger partial charge in [0, 0.05) is 28.9 Å². The number of anilines is 1. The second-order valence-corrected chi connectivity index (χ2v) is 5.32. The SMILES string of the molecule is O=C(CNc1cc(Cl)cc(Cl)c1)NCC1CCCO1. The highest BCUT2D eigenvalue weighted by atomic mass is 35.5. The van der Waals surface area contributed by atoms with Gasteiger partial charge in [-0.15, -0.1) is 0 Å². The highest BCUT2D eigenvalue weighted by molar-refractivity contribution is 6.35. The van der Waals surface area contributed by atoms with Crippen LogP contribution in [0.2, 0.25) is 10.0 Å². The predicted molar refractivity (Wildman–Crippen MR) is 76.9 cm³/mol. The molecule has 0 bridgehead atoms. The van der Waals surface area contributed by atoms with Crippen molar-refractivity contribution < 1.29 is 9.53 Å². The average molecular weight is 303 g/mol. The molecule has 1 aromatic rings. The summed E-state index contributed by atoms with van der Waals surface area (Å²) in [6, 6.07) is 5.09. The zero-order valence-electron chi connectivity index (χ0n) is 10.4. The first-order valence-corrected chi connectivity index (χ1v) is 6.97. The summed E-state index contributed by atoms with van der Waals surface area (Å²) in [6.07, 6.45) is 2.24. The Morgan fingerprint density at radius 1 is 1.32 bits per heavy atom. The largest absolute Gasteiger partial charge is 0.376 e. The third-order valence-electron chi connectivity index (χ3n) is 2.87. The van der Waals surface area contributed by atoms with E-state index >= 15 is 0 Å². The molecule has 0 radical (unpaired) electrons. The van der Waals surface area contributed by atoms with Crippen molar-refractivity contribution in [2.24, 2.45) is 0 Å². The van der Waals surface area contributed by atoms with E-state index in [1.807, 2.05) is 0 Å². The monoisotopic (exact) mass is 302 g/mol. The van der Waals surface area contributed by atoms with Gasteiger partial charge in [0.2, 0.25) is 5.91 Å². The maximum absolute atomic E-state index is 11.6. The maximum atomic E-state index is 11.6. The lowest BCUT2D eigenvalue weighted by Gasteiger charge is -2.12. The molecule has 0 aromatic heterocycles. The summed E-state index contributed by atoms with van der Waals surface area (Å²) in [6.45, 7) is 1.54. The molecule has 19 heavy (non-hydrogen) atoms. The van der Waals surface area contributed by atoms with E-state index in [2.05, 4.69) is 10.6 Å². The molecule has 1 aliphatic rings. The van der Waals surface area contributed by atoms with Crippen LogP contribution in [0.25, 0.3) is 0 Å². The van der Waals surface area contributed by atoms with Crippen LogP contribution in [-0.4, -0.2) is 31.7 Å². The van der Waals surface area contributed by atoms with Crippen LogP contribution in [0.1, 0.15) is 12.8 Å². The van der Waals surface area contributed by atoms with Gasteiger partial charge in [0.05, 0.1) is 12.6 Å². The Labute approximate surface area is 122 Å². The Morgan fingerprint density at radius 3 is 2.68 bits per heavy atom. The highest BCUT2D eigenvalue weighted by Gasteiger charge is 2.15. The molecule has 1 aromatic carbocycles. The quantitative estimate of drug-likeness (QED) is 0.879. The van der Waals surface area contributed by atoms with Crippen molar-refractivity contribution in [1.82, 2.24) is 5.32 Å². The van der Waals surface area contributed by atoms with Gasteiger partial charge in [-0.1, -0.05) is 23.2 Å². The van der Waals surface area contributed by atoms with E-state index in [9.17, 15) is 4.79 Å². The van der Waals surface area contributed by atoms with Crippen LogP contribution >= 0.6 is 23.2 Å². The minimum Gasteiger partial charge on any atom is -0.376 e. The molecule has 6 heteroatoms. The maximum Gasteiger partial charge on any atom is 0.239 e. The molecule has 0 saturated carbocycles. The topological polar surface area (TPSA) is 50.4 Å². The molecule has 2 N–H and O–H groups in total. The van der Waals surface area contributed by atoms with Crippen LogP contribution in [0.4, 0.5) is 5.69 Å². The number of benzene rings is 1. The molecule has 1 unspecified atom stereocenters. The van der Waals surface area contributed by atoms with Crippen molar-refractivity contribution in [2.45, 2.75) is 18.9 Å². The van der Waals surface area contributed by atoms with Crippen LogP contribution in [-0.2, 0) is 9.53 Å².